The number of hydrogen-bond donors (Lipinski definition) is 0. The molecule has 0 aliphatic heterocycles. The van der Waals surface area contributed by atoms with Crippen molar-refractivity contribution >= 4 is 33.3 Å². The Morgan fingerprint density at radius 3 is 2.65 bits per heavy atom. The standard InChI is InChI=1S/C16H14BrClO2/c1-3-20-15-7-4-10(2)8-13(15)16(19)12-9-11(18)5-6-14(12)17/h4-9H,3H2,1-2H3. The van der Waals surface area contributed by atoms with Gasteiger partial charge in [-0.25, -0.2) is 0 Å². The van der Waals surface area contributed by atoms with Gasteiger partial charge < -0.3 is 4.74 Å². The highest BCUT2D eigenvalue weighted by Gasteiger charge is 2.17. The zero-order chi connectivity index (χ0) is 14.7. The predicted octanol–water partition coefficient (Wildman–Crippen LogP) is 5.04. The molecule has 0 N–H and O–H groups in total. The molecule has 0 spiro atoms. The van der Waals surface area contributed by atoms with E-state index in [1.807, 2.05) is 32.0 Å². The van der Waals surface area contributed by atoms with Gasteiger partial charge in [0.15, 0.2) is 5.78 Å². The summed E-state index contributed by atoms with van der Waals surface area (Å²) < 4.78 is 6.25. The zero-order valence-corrected chi connectivity index (χ0v) is 13.6. The molecule has 0 fully saturated rings. The molecule has 20 heavy (non-hydrogen) atoms. The van der Waals surface area contributed by atoms with Crippen molar-refractivity contribution in [1.82, 2.24) is 0 Å². The van der Waals surface area contributed by atoms with Crippen molar-refractivity contribution in [3.8, 4) is 5.75 Å². The molecule has 0 radical (unpaired) electrons. The number of hydrogen-bond acceptors (Lipinski definition) is 2. The van der Waals surface area contributed by atoms with Crippen molar-refractivity contribution < 1.29 is 9.53 Å². The van der Waals surface area contributed by atoms with Gasteiger partial charge in [0.2, 0.25) is 0 Å². The molecule has 2 rings (SSSR count). The summed E-state index contributed by atoms with van der Waals surface area (Å²) in [5.41, 5.74) is 2.09. The lowest BCUT2D eigenvalue weighted by Crippen LogP contribution is -2.06. The zero-order valence-electron chi connectivity index (χ0n) is 11.2. The lowest BCUT2D eigenvalue weighted by atomic mass is 10.0. The van der Waals surface area contributed by atoms with Crippen LogP contribution in [0.4, 0.5) is 0 Å². The molecule has 104 valence electrons. The SMILES string of the molecule is CCOc1ccc(C)cc1C(=O)c1cc(Cl)ccc1Br. The van der Waals surface area contributed by atoms with E-state index in [0.717, 1.165) is 10.0 Å². The molecule has 0 aliphatic rings. The van der Waals surface area contributed by atoms with Crippen LogP contribution < -0.4 is 4.74 Å². The molecular formula is C16H14BrClO2. The molecule has 0 atom stereocenters. The largest absolute Gasteiger partial charge is 0.493 e. The van der Waals surface area contributed by atoms with E-state index in [0.29, 0.717) is 28.5 Å². The summed E-state index contributed by atoms with van der Waals surface area (Å²) in [6.45, 7) is 4.35. The van der Waals surface area contributed by atoms with Gasteiger partial charge in [0.1, 0.15) is 5.75 Å². The van der Waals surface area contributed by atoms with Crippen molar-refractivity contribution in [3.05, 3.63) is 62.6 Å². The maximum absolute atomic E-state index is 12.7. The molecule has 2 aromatic rings. The Morgan fingerprint density at radius 1 is 1.20 bits per heavy atom. The van der Waals surface area contributed by atoms with Gasteiger partial charge in [-0.15, -0.1) is 0 Å². The number of ether oxygens (including phenoxy) is 1. The van der Waals surface area contributed by atoms with Crippen molar-refractivity contribution in [3.63, 3.8) is 0 Å². The Labute approximate surface area is 131 Å². The number of carbonyl (C=O) groups excluding carboxylic acids is 1. The molecule has 0 aromatic heterocycles. The lowest BCUT2D eigenvalue weighted by molar-refractivity contribution is 0.103. The third-order valence-electron chi connectivity index (χ3n) is 2.85. The highest BCUT2D eigenvalue weighted by atomic mass is 79.9. The van der Waals surface area contributed by atoms with Gasteiger partial charge in [0, 0.05) is 15.1 Å². The Morgan fingerprint density at radius 2 is 1.95 bits per heavy atom. The van der Waals surface area contributed by atoms with E-state index in [4.69, 9.17) is 16.3 Å². The van der Waals surface area contributed by atoms with E-state index in [1.54, 1.807) is 18.2 Å². The third-order valence-corrected chi connectivity index (χ3v) is 3.78. The maximum atomic E-state index is 12.7. The maximum Gasteiger partial charge on any atom is 0.197 e. The fraction of sp³-hybridized carbons (Fsp3) is 0.188. The summed E-state index contributed by atoms with van der Waals surface area (Å²) in [5, 5.41) is 0.530. The van der Waals surface area contributed by atoms with Crippen LogP contribution in [0, 0.1) is 6.92 Å². The normalized spacial score (nSPS) is 10.4. The van der Waals surface area contributed by atoms with E-state index in [2.05, 4.69) is 15.9 Å². The van der Waals surface area contributed by atoms with Crippen molar-refractivity contribution in [2.24, 2.45) is 0 Å². The topological polar surface area (TPSA) is 26.3 Å². The molecule has 0 heterocycles. The molecule has 4 heteroatoms. The van der Waals surface area contributed by atoms with E-state index in [1.165, 1.54) is 0 Å². The average molecular weight is 354 g/mol. The van der Waals surface area contributed by atoms with Crippen LogP contribution in [0.15, 0.2) is 40.9 Å². The van der Waals surface area contributed by atoms with Gasteiger partial charge in [-0.3, -0.25) is 4.79 Å². The van der Waals surface area contributed by atoms with Crippen LogP contribution in [0.5, 0.6) is 5.75 Å². The van der Waals surface area contributed by atoms with E-state index >= 15 is 0 Å². The first-order valence-electron chi connectivity index (χ1n) is 6.26. The summed E-state index contributed by atoms with van der Waals surface area (Å²) in [6, 6.07) is 10.7. The second-order valence-corrected chi connectivity index (χ2v) is 5.68. The highest BCUT2D eigenvalue weighted by Crippen LogP contribution is 2.28. The molecule has 0 amide bonds. The summed E-state index contributed by atoms with van der Waals surface area (Å²) in [5.74, 6) is 0.488. The quantitative estimate of drug-likeness (QED) is 0.720. The van der Waals surface area contributed by atoms with Crippen LogP contribution in [0.3, 0.4) is 0 Å². The number of halogens is 2. The van der Waals surface area contributed by atoms with Gasteiger partial charge in [0.25, 0.3) is 0 Å². The van der Waals surface area contributed by atoms with Crippen molar-refractivity contribution in [2.75, 3.05) is 6.61 Å². The number of ketones is 1. The Kier molecular flexibility index (Phi) is 4.84. The molecule has 2 nitrogen and oxygen atoms in total. The van der Waals surface area contributed by atoms with Gasteiger partial charge >= 0.3 is 0 Å². The molecular weight excluding hydrogens is 340 g/mol. The monoisotopic (exact) mass is 352 g/mol. The molecule has 0 bridgehead atoms. The summed E-state index contributed by atoms with van der Waals surface area (Å²) in [4.78, 5) is 12.7. The van der Waals surface area contributed by atoms with Gasteiger partial charge in [-0.2, -0.15) is 0 Å². The Bertz CT molecular complexity index is 653. The van der Waals surface area contributed by atoms with E-state index in [9.17, 15) is 4.79 Å². The second-order valence-electron chi connectivity index (χ2n) is 4.39. The predicted molar refractivity (Wildman–Crippen MR) is 84.9 cm³/mol. The minimum absolute atomic E-state index is 0.105. The van der Waals surface area contributed by atoms with Gasteiger partial charge in [-0.1, -0.05) is 39.2 Å². The first-order valence-corrected chi connectivity index (χ1v) is 7.43. The summed E-state index contributed by atoms with van der Waals surface area (Å²) >= 11 is 9.37. The van der Waals surface area contributed by atoms with Crippen LogP contribution in [-0.4, -0.2) is 12.4 Å². The van der Waals surface area contributed by atoms with Crippen LogP contribution in [-0.2, 0) is 0 Å². The van der Waals surface area contributed by atoms with Crippen molar-refractivity contribution in [2.45, 2.75) is 13.8 Å². The number of aryl methyl sites for hydroxylation is 1. The Balaban J connectivity index is 2.52. The number of benzene rings is 2. The van der Waals surface area contributed by atoms with Gasteiger partial charge in [0.05, 0.1) is 12.2 Å². The average Bonchev–Trinajstić information content (AvgIpc) is 2.43. The minimum atomic E-state index is -0.105. The molecule has 0 saturated carbocycles. The molecule has 2 aromatic carbocycles. The van der Waals surface area contributed by atoms with E-state index < -0.39 is 0 Å². The third kappa shape index (κ3) is 3.22. The molecule has 0 saturated heterocycles. The summed E-state index contributed by atoms with van der Waals surface area (Å²) in [7, 11) is 0. The Hall–Kier alpha value is -1.32. The van der Waals surface area contributed by atoms with Crippen molar-refractivity contribution in [1.29, 1.82) is 0 Å². The number of rotatable bonds is 4. The fourth-order valence-electron chi connectivity index (χ4n) is 1.92. The summed E-state index contributed by atoms with van der Waals surface area (Å²) in [6.07, 6.45) is 0. The first-order chi connectivity index (χ1) is 9.52. The van der Waals surface area contributed by atoms with Gasteiger partial charge in [-0.05, 0) is 44.2 Å². The minimum Gasteiger partial charge on any atom is -0.493 e. The fourth-order valence-corrected chi connectivity index (χ4v) is 2.52. The highest BCUT2D eigenvalue weighted by molar-refractivity contribution is 9.10. The van der Waals surface area contributed by atoms with E-state index in [-0.39, 0.29) is 5.78 Å². The molecule has 0 aliphatic carbocycles. The van der Waals surface area contributed by atoms with Crippen LogP contribution in [0.25, 0.3) is 0 Å². The second kappa shape index (κ2) is 6.42. The first kappa shape index (κ1) is 15.1. The number of carbonyl (C=O) groups is 1. The molecule has 0 unspecified atom stereocenters. The van der Waals surface area contributed by atoms with Crippen LogP contribution in [0.1, 0.15) is 28.4 Å². The smallest absolute Gasteiger partial charge is 0.197 e. The lowest BCUT2D eigenvalue weighted by Gasteiger charge is -2.11. The van der Waals surface area contributed by atoms with Crippen LogP contribution >= 0.6 is 27.5 Å². The van der Waals surface area contributed by atoms with Crippen LogP contribution in [0.2, 0.25) is 5.02 Å².